The van der Waals surface area contributed by atoms with Crippen LogP contribution in [0.15, 0.2) is 24.3 Å². The fourth-order valence-corrected chi connectivity index (χ4v) is 4.18. The maximum Gasteiger partial charge on any atom is 0.180 e. The van der Waals surface area contributed by atoms with Crippen LogP contribution >= 0.6 is 11.3 Å². The summed E-state index contributed by atoms with van der Waals surface area (Å²) in [6.07, 6.45) is 2.94. The van der Waals surface area contributed by atoms with Gasteiger partial charge in [-0.25, -0.2) is 4.98 Å². The monoisotopic (exact) mass is 303 g/mol. The third kappa shape index (κ3) is 2.63. The molecule has 0 saturated carbocycles. The average Bonchev–Trinajstić information content (AvgIpc) is 2.86. The minimum Gasteiger partial charge on any atom is -0.497 e. The molecule has 1 unspecified atom stereocenters. The van der Waals surface area contributed by atoms with Gasteiger partial charge in [-0.1, -0.05) is 19.1 Å². The zero-order chi connectivity index (χ0) is 14.9. The van der Waals surface area contributed by atoms with Crippen molar-refractivity contribution < 1.29 is 4.74 Å². The van der Waals surface area contributed by atoms with Crippen LogP contribution in [0.3, 0.4) is 0 Å². The minimum absolute atomic E-state index is 0.0464. The first-order chi connectivity index (χ1) is 10.2. The lowest BCUT2D eigenvalue weighted by molar-refractivity contribution is 0.297. The molecule has 0 saturated heterocycles. The molecule has 112 valence electrons. The molecule has 1 aromatic heterocycles. The molecule has 0 radical (unpaired) electrons. The van der Waals surface area contributed by atoms with Gasteiger partial charge in [0.1, 0.15) is 5.75 Å². The van der Waals surface area contributed by atoms with E-state index in [4.69, 9.17) is 10.5 Å². The molecule has 1 aromatic carbocycles. The van der Waals surface area contributed by atoms with E-state index in [1.165, 1.54) is 16.1 Å². The zero-order valence-electron chi connectivity index (χ0n) is 12.5. The van der Waals surface area contributed by atoms with E-state index in [1.807, 2.05) is 6.07 Å². The summed E-state index contributed by atoms with van der Waals surface area (Å²) in [6.45, 7) is 3.08. The normalized spacial score (nSPS) is 21.0. The number of hydrogen-bond donors (Lipinski definition) is 2. The van der Waals surface area contributed by atoms with E-state index >= 15 is 0 Å². The van der Waals surface area contributed by atoms with Crippen LogP contribution in [-0.4, -0.2) is 18.6 Å². The number of aryl methyl sites for hydroxylation is 1. The molecule has 5 heteroatoms. The molecule has 0 bridgehead atoms. The Kier molecular flexibility index (Phi) is 3.87. The first kappa shape index (κ1) is 14.4. The predicted molar refractivity (Wildman–Crippen MR) is 86.9 cm³/mol. The average molecular weight is 303 g/mol. The summed E-state index contributed by atoms with van der Waals surface area (Å²) in [4.78, 5) is 5.76. The van der Waals surface area contributed by atoms with Crippen molar-refractivity contribution >= 4 is 16.5 Å². The molecule has 1 aliphatic rings. The molecule has 0 spiro atoms. The Bertz CT molecular complexity index is 640. The third-order valence-electron chi connectivity index (χ3n) is 4.18. The molecule has 21 heavy (non-hydrogen) atoms. The lowest BCUT2D eigenvalue weighted by atomic mass is 9.77. The number of anilines is 1. The van der Waals surface area contributed by atoms with Crippen LogP contribution in [-0.2, 0) is 18.4 Å². The first-order valence-corrected chi connectivity index (χ1v) is 8.12. The number of thiazole rings is 1. The van der Waals surface area contributed by atoms with Crippen molar-refractivity contribution in [2.24, 2.45) is 0 Å². The summed E-state index contributed by atoms with van der Waals surface area (Å²) in [5.41, 5.74) is 8.28. The fraction of sp³-hybridized carbons (Fsp3) is 0.438. The number of nitrogens with two attached hydrogens (primary N) is 1. The highest BCUT2D eigenvalue weighted by Crippen LogP contribution is 2.40. The van der Waals surface area contributed by atoms with Crippen molar-refractivity contribution in [3.63, 3.8) is 0 Å². The van der Waals surface area contributed by atoms with E-state index in [1.54, 1.807) is 18.4 Å². The van der Waals surface area contributed by atoms with Gasteiger partial charge in [-0.15, -0.1) is 11.3 Å². The van der Waals surface area contributed by atoms with Crippen LogP contribution in [0.1, 0.15) is 29.5 Å². The maximum atomic E-state index is 5.87. The molecule has 0 aliphatic heterocycles. The largest absolute Gasteiger partial charge is 0.497 e. The van der Waals surface area contributed by atoms with Crippen LogP contribution in [0.4, 0.5) is 5.13 Å². The van der Waals surface area contributed by atoms with Crippen LogP contribution in [0.25, 0.3) is 0 Å². The Morgan fingerprint density at radius 1 is 1.48 bits per heavy atom. The summed E-state index contributed by atoms with van der Waals surface area (Å²) in [7, 11) is 1.71. The molecule has 1 atom stereocenters. The van der Waals surface area contributed by atoms with Gasteiger partial charge >= 0.3 is 0 Å². The summed E-state index contributed by atoms with van der Waals surface area (Å²) in [6, 6.07) is 8.37. The Balaban J connectivity index is 2.00. The smallest absolute Gasteiger partial charge is 0.180 e. The molecule has 0 fully saturated rings. The SMILES string of the molecule is CCNC1(c2cccc(OC)c2)CCc2nc(N)sc2C1. The number of ether oxygens (including phenoxy) is 1. The third-order valence-corrected chi connectivity index (χ3v) is 5.11. The van der Waals surface area contributed by atoms with Gasteiger partial charge in [0, 0.05) is 16.8 Å². The lowest BCUT2D eigenvalue weighted by Gasteiger charge is -2.38. The Morgan fingerprint density at radius 2 is 2.33 bits per heavy atom. The summed E-state index contributed by atoms with van der Waals surface area (Å²) in [5, 5.41) is 4.38. The van der Waals surface area contributed by atoms with E-state index in [-0.39, 0.29) is 5.54 Å². The van der Waals surface area contributed by atoms with Crippen LogP contribution in [0.2, 0.25) is 0 Å². The maximum absolute atomic E-state index is 5.87. The number of hydrogen-bond acceptors (Lipinski definition) is 5. The summed E-state index contributed by atoms with van der Waals surface area (Å²) < 4.78 is 5.38. The number of nitrogens with one attached hydrogen (secondary N) is 1. The highest BCUT2D eigenvalue weighted by Gasteiger charge is 2.37. The molecule has 1 aliphatic carbocycles. The number of aromatic nitrogens is 1. The minimum atomic E-state index is -0.0464. The standard InChI is InChI=1S/C16H21N3OS/c1-3-18-16(11-5-4-6-12(9-11)20-2)8-7-13-14(10-16)21-15(17)19-13/h4-6,9,18H,3,7-8,10H2,1-2H3,(H2,17,19). The highest BCUT2D eigenvalue weighted by atomic mass is 32.1. The molecular formula is C16H21N3OS. The topological polar surface area (TPSA) is 60.2 Å². The van der Waals surface area contributed by atoms with Gasteiger partial charge in [-0.2, -0.15) is 0 Å². The number of nitrogens with zero attached hydrogens (tertiary/aromatic N) is 1. The Hall–Kier alpha value is -1.59. The van der Waals surface area contributed by atoms with Crippen molar-refractivity contribution in [1.29, 1.82) is 0 Å². The number of benzene rings is 1. The number of likely N-dealkylation sites (N-methyl/N-ethyl adjacent to an activating group) is 1. The number of rotatable bonds is 4. The van der Waals surface area contributed by atoms with Crippen molar-refractivity contribution in [3.05, 3.63) is 40.4 Å². The second-order valence-corrected chi connectivity index (χ2v) is 6.56. The summed E-state index contributed by atoms with van der Waals surface area (Å²) in [5.74, 6) is 0.902. The van der Waals surface area contributed by atoms with Crippen LogP contribution in [0, 0.1) is 0 Å². The van der Waals surface area contributed by atoms with Gasteiger partial charge in [0.15, 0.2) is 5.13 Å². The van der Waals surface area contributed by atoms with Crippen molar-refractivity contribution in [1.82, 2.24) is 10.3 Å². The molecular weight excluding hydrogens is 282 g/mol. The van der Waals surface area contributed by atoms with Gasteiger partial charge in [0.25, 0.3) is 0 Å². The van der Waals surface area contributed by atoms with Crippen LogP contribution < -0.4 is 15.8 Å². The van der Waals surface area contributed by atoms with Gasteiger partial charge in [0.2, 0.25) is 0 Å². The van der Waals surface area contributed by atoms with E-state index in [0.717, 1.165) is 31.6 Å². The molecule has 0 amide bonds. The van der Waals surface area contributed by atoms with E-state index in [0.29, 0.717) is 5.13 Å². The number of fused-ring (bicyclic) bond motifs is 1. The molecule has 3 rings (SSSR count). The second-order valence-electron chi connectivity index (χ2n) is 5.44. The van der Waals surface area contributed by atoms with Gasteiger partial charge in [0.05, 0.1) is 12.8 Å². The fourth-order valence-electron chi connectivity index (χ4n) is 3.19. The Labute approximate surface area is 129 Å². The molecule has 4 nitrogen and oxygen atoms in total. The molecule has 3 N–H and O–H groups in total. The van der Waals surface area contributed by atoms with Crippen molar-refractivity contribution in [3.8, 4) is 5.75 Å². The van der Waals surface area contributed by atoms with Gasteiger partial charge < -0.3 is 15.8 Å². The van der Waals surface area contributed by atoms with Crippen molar-refractivity contribution in [2.45, 2.75) is 31.7 Å². The predicted octanol–water partition coefficient (Wildman–Crippen LogP) is 2.73. The van der Waals surface area contributed by atoms with Crippen molar-refractivity contribution in [2.75, 3.05) is 19.4 Å². The first-order valence-electron chi connectivity index (χ1n) is 7.30. The van der Waals surface area contributed by atoms with E-state index in [9.17, 15) is 0 Å². The Morgan fingerprint density at radius 3 is 3.10 bits per heavy atom. The second kappa shape index (κ2) is 5.66. The number of methoxy groups -OCH3 is 1. The zero-order valence-corrected chi connectivity index (χ0v) is 13.3. The lowest BCUT2D eigenvalue weighted by Crippen LogP contribution is -2.46. The van der Waals surface area contributed by atoms with E-state index in [2.05, 4.69) is 35.4 Å². The number of nitrogen functional groups attached to an aromatic ring is 1. The summed E-state index contributed by atoms with van der Waals surface area (Å²) >= 11 is 1.62. The van der Waals surface area contributed by atoms with Gasteiger partial charge in [-0.3, -0.25) is 0 Å². The molecule has 2 aromatic rings. The highest BCUT2D eigenvalue weighted by molar-refractivity contribution is 7.15. The quantitative estimate of drug-likeness (QED) is 0.912. The van der Waals surface area contributed by atoms with E-state index < -0.39 is 0 Å². The molecule has 1 heterocycles. The van der Waals surface area contributed by atoms with Crippen LogP contribution in [0.5, 0.6) is 5.75 Å². The van der Waals surface area contributed by atoms with Gasteiger partial charge in [-0.05, 0) is 37.1 Å².